The number of fused-ring (bicyclic) bond motifs is 16. The molecule has 3 amide bonds. The molecule has 2 aliphatic heterocycles. The maximum absolute atomic E-state index is 14.8. The van der Waals surface area contributed by atoms with E-state index >= 15 is 0 Å². The molecule has 2 aliphatic rings. The van der Waals surface area contributed by atoms with Crippen molar-refractivity contribution in [2.75, 3.05) is 13.2 Å². The summed E-state index contributed by atoms with van der Waals surface area (Å²) in [5.41, 5.74) is 5.09. The van der Waals surface area contributed by atoms with E-state index in [1.165, 1.54) is 16.2 Å². The van der Waals surface area contributed by atoms with Crippen LogP contribution in [0.1, 0.15) is 46.4 Å². The molecule has 0 saturated carbocycles. The topological polar surface area (TPSA) is 159 Å². The van der Waals surface area contributed by atoms with Gasteiger partial charge in [-0.3, -0.25) is 28.8 Å². The van der Waals surface area contributed by atoms with Crippen LogP contribution in [0, 0.1) is 11.8 Å². The summed E-state index contributed by atoms with van der Waals surface area (Å²) in [7, 11) is 0. The second-order valence-corrected chi connectivity index (χ2v) is 17.7. The zero-order chi connectivity index (χ0) is 46.3. The number of carbonyl (C=O) groups is 6. The Morgan fingerprint density at radius 3 is 1.92 bits per heavy atom. The third-order valence-corrected chi connectivity index (χ3v) is 12.6. The fraction of sp³-hybridized carbons (Fsp3) is 0.259. The molecule has 6 aromatic rings. The molecule has 0 aliphatic carbocycles. The molecule has 12 heteroatoms. The largest absolute Gasteiger partial charge is 0.486 e. The summed E-state index contributed by atoms with van der Waals surface area (Å²) in [5.74, 6) is -4.98. The lowest BCUT2D eigenvalue weighted by molar-refractivity contribution is -0.147. The lowest BCUT2D eigenvalue weighted by Crippen LogP contribution is -2.54. The van der Waals surface area contributed by atoms with Crippen molar-refractivity contribution in [2.24, 2.45) is 11.8 Å². The van der Waals surface area contributed by atoms with Crippen molar-refractivity contribution in [2.45, 2.75) is 63.6 Å². The molecular formula is C54H53N3O8S. The molecule has 3 N–H and O–H groups in total. The summed E-state index contributed by atoms with van der Waals surface area (Å²) in [6.45, 7) is -0.880. The molecule has 338 valence electrons. The number of Topliss-reactive ketones (excluding diaryl/α,β-unsaturated/α-hetero) is 2. The number of amides is 3. The summed E-state index contributed by atoms with van der Waals surface area (Å²) in [4.78, 5) is 86.5. The van der Waals surface area contributed by atoms with Gasteiger partial charge in [0.15, 0.2) is 11.6 Å². The van der Waals surface area contributed by atoms with E-state index in [1.54, 1.807) is 48.5 Å². The monoisotopic (exact) mass is 903 g/mol. The van der Waals surface area contributed by atoms with Crippen molar-refractivity contribution < 1.29 is 38.6 Å². The Labute approximate surface area is 388 Å². The van der Waals surface area contributed by atoms with Crippen molar-refractivity contribution >= 4 is 46.6 Å². The zero-order valence-electron chi connectivity index (χ0n) is 36.6. The number of carboxylic acid groups (broad SMARTS) is 1. The minimum absolute atomic E-state index is 0.00677. The Morgan fingerprint density at radius 2 is 1.27 bits per heavy atom. The van der Waals surface area contributed by atoms with E-state index in [0.29, 0.717) is 17.7 Å². The van der Waals surface area contributed by atoms with Gasteiger partial charge in [-0.05, 0) is 82.6 Å². The number of ether oxygens (including phenoxy) is 1. The lowest BCUT2D eigenvalue weighted by atomic mass is 9.89. The van der Waals surface area contributed by atoms with Gasteiger partial charge in [0.05, 0.1) is 6.04 Å². The molecule has 1 aromatic heterocycles. The van der Waals surface area contributed by atoms with Crippen molar-refractivity contribution in [3.63, 3.8) is 0 Å². The van der Waals surface area contributed by atoms with Gasteiger partial charge in [-0.2, -0.15) is 0 Å². The number of aliphatic carboxylic acids is 1. The van der Waals surface area contributed by atoms with Crippen LogP contribution in [-0.2, 0) is 61.0 Å². The van der Waals surface area contributed by atoms with E-state index < -0.39 is 59.9 Å². The first kappa shape index (κ1) is 46.8. The van der Waals surface area contributed by atoms with Crippen LogP contribution in [0.5, 0.6) is 5.75 Å². The van der Waals surface area contributed by atoms with Crippen LogP contribution in [0.3, 0.4) is 0 Å². The molecule has 0 unspecified atom stereocenters. The van der Waals surface area contributed by atoms with Gasteiger partial charge in [0.25, 0.3) is 0 Å². The zero-order valence-corrected chi connectivity index (χ0v) is 37.4. The number of rotatable bonds is 13. The fourth-order valence-electron chi connectivity index (χ4n) is 8.24. The Hall–Kier alpha value is -7.18. The fourth-order valence-corrected chi connectivity index (χ4v) is 9.03. The number of nitrogens with one attached hydrogen (secondary N) is 2. The number of thiophene rings is 1. The van der Waals surface area contributed by atoms with Crippen molar-refractivity contribution in [1.29, 1.82) is 0 Å². The number of benzene rings is 5. The van der Waals surface area contributed by atoms with Gasteiger partial charge in [0.1, 0.15) is 24.9 Å². The van der Waals surface area contributed by atoms with Crippen molar-refractivity contribution in [3.05, 3.63) is 184 Å². The maximum atomic E-state index is 14.8. The molecule has 5 aromatic carbocycles. The minimum Gasteiger partial charge on any atom is -0.486 e. The van der Waals surface area contributed by atoms with E-state index in [4.69, 9.17) is 4.74 Å². The normalized spacial score (nSPS) is 18.5. The third-order valence-electron chi connectivity index (χ3n) is 11.7. The molecule has 4 atom stereocenters. The van der Waals surface area contributed by atoms with Crippen molar-refractivity contribution in [1.82, 2.24) is 15.5 Å². The second-order valence-electron chi connectivity index (χ2n) is 16.7. The van der Waals surface area contributed by atoms with Crippen molar-refractivity contribution in [3.8, 4) is 16.9 Å². The van der Waals surface area contributed by atoms with Crippen LogP contribution in [-0.4, -0.2) is 70.5 Å². The Bertz CT molecular complexity index is 2550. The highest BCUT2D eigenvalue weighted by Gasteiger charge is 2.34. The van der Waals surface area contributed by atoms with E-state index in [2.05, 4.69) is 10.6 Å². The van der Waals surface area contributed by atoms with Gasteiger partial charge in [0.2, 0.25) is 17.7 Å². The number of hydrogen-bond donors (Lipinski definition) is 3. The molecule has 0 spiro atoms. The first-order valence-corrected chi connectivity index (χ1v) is 23.1. The number of nitrogens with zero attached hydrogens (tertiary/aromatic N) is 1. The van der Waals surface area contributed by atoms with E-state index in [0.717, 1.165) is 32.7 Å². The number of ketones is 2. The van der Waals surface area contributed by atoms with Gasteiger partial charge in [0, 0.05) is 42.5 Å². The van der Waals surface area contributed by atoms with Gasteiger partial charge in [-0.1, -0.05) is 133 Å². The Balaban J connectivity index is 1.24. The lowest BCUT2D eigenvalue weighted by Gasteiger charge is -2.28. The van der Waals surface area contributed by atoms with E-state index in [-0.39, 0.29) is 57.5 Å². The summed E-state index contributed by atoms with van der Waals surface area (Å²) >= 11 is 1.47. The van der Waals surface area contributed by atoms with Crippen LogP contribution >= 0.6 is 11.3 Å². The summed E-state index contributed by atoms with van der Waals surface area (Å²) < 4.78 is 5.89. The summed E-state index contributed by atoms with van der Waals surface area (Å²) in [6, 6.07) is 44.5. The molecule has 2 bridgehead atoms. The molecule has 0 saturated heterocycles. The average molecular weight is 904 g/mol. The minimum atomic E-state index is -1.20. The second kappa shape index (κ2) is 23.1. The first-order chi connectivity index (χ1) is 32.1. The predicted molar refractivity (Wildman–Crippen MR) is 254 cm³/mol. The number of carbonyl (C=O) groups excluding carboxylic acids is 5. The number of hydrogen-bond acceptors (Lipinski definition) is 8. The van der Waals surface area contributed by atoms with Crippen LogP contribution in [0.25, 0.3) is 11.1 Å². The van der Waals surface area contributed by atoms with Crippen LogP contribution in [0.15, 0.2) is 157 Å². The van der Waals surface area contributed by atoms with Gasteiger partial charge >= 0.3 is 5.97 Å². The molecule has 66 heavy (non-hydrogen) atoms. The smallest absolute Gasteiger partial charge is 0.323 e. The number of aryl methyl sites for hydroxylation is 1. The summed E-state index contributed by atoms with van der Waals surface area (Å²) in [6.07, 6.45) is 0.577. The highest BCUT2D eigenvalue weighted by molar-refractivity contribution is 7.09. The SMILES string of the molecule is O=C(O)CN(Cc1ccccc1)C(=O)[C@H]1CC(=O)[C@@H](CCc2ccccc2)NC(=O)[C@H](Cc2ccc(-c3ccccc3)cc2)NC(=O)[C@@H](Cc2cccs2)CC(=O)COc2ccc(cc2)C1. The molecular weight excluding hydrogens is 851 g/mol. The molecule has 0 radical (unpaired) electrons. The third kappa shape index (κ3) is 13.7. The molecule has 11 nitrogen and oxygen atoms in total. The van der Waals surface area contributed by atoms with Gasteiger partial charge in [-0.25, -0.2) is 0 Å². The molecule has 0 fully saturated rings. The predicted octanol–water partition coefficient (Wildman–Crippen LogP) is 7.70. The van der Waals surface area contributed by atoms with Crippen LogP contribution < -0.4 is 15.4 Å². The Kier molecular flexibility index (Phi) is 16.4. The quantitative estimate of drug-likeness (QED) is 0.106. The van der Waals surface area contributed by atoms with Gasteiger partial charge < -0.3 is 25.4 Å². The van der Waals surface area contributed by atoms with Crippen LogP contribution in [0.2, 0.25) is 0 Å². The maximum Gasteiger partial charge on any atom is 0.323 e. The van der Waals surface area contributed by atoms with E-state index in [1.807, 2.05) is 109 Å². The number of carboxylic acids is 1. The Morgan fingerprint density at radius 1 is 0.636 bits per heavy atom. The standard InChI is InChI=1S/C54H53N3O8S/c58-45-31-43(32-47-17-10-28-66-47)52(62)56-49(30-39-18-23-42(24-19-39)41-15-8-3-9-16-41)53(63)55-48(27-22-37-11-4-1-5-12-37)50(59)33-44(29-38-20-25-46(26-21-38)65-36-45)54(64)57(35-51(60)61)34-40-13-6-2-7-14-40/h1-21,23-26,28,43-44,48-49H,22,27,29-36H2,(H,55,63)(H,56,62)(H,60,61)/t43-,44-,48-,49+/m1/s1. The average Bonchev–Trinajstić information content (AvgIpc) is 3.85. The van der Waals surface area contributed by atoms with Gasteiger partial charge in [-0.15, -0.1) is 11.3 Å². The van der Waals surface area contributed by atoms with E-state index in [9.17, 15) is 33.9 Å². The van der Waals surface area contributed by atoms with Crippen LogP contribution in [0.4, 0.5) is 0 Å². The first-order valence-electron chi connectivity index (χ1n) is 22.2. The highest BCUT2D eigenvalue weighted by atomic mass is 32.1. The summed E-state index contributed by atoms with van der Waals surface area (Å²) in [5, 5.41) is 17.8. The highest BCUT2D eigenvalue weighted by Crippen LogP contribution is 2.25. The molecule has 3 heterocycles. The molecule has 8 rings (SSSR count).